The Morgan fingerprint density at radius 3 is 2.39 bits per heavy atom. The zero-order valence-electron chi connectivity index (χ0n) is 19.0. The summed E-state index contributed by atoms with van der Waals surface area (Å²) in [4.78, 5) is 31.1. The highest BCUT2D eigenvalue weighted by atomic mass is 32.2. The minimum Gasteiger partial charge on any atom is -0.496 e. The topological polar surface area (TPSA) is 97.6 Å². The van der Waals surface area contributed by atoms with Crippen molar-refractivity contribution in [3.05, 3.63) is 52.3 Å². The highest BCUT2D eigenvalue weighted by Gasteiger charge is 2.48. The molecular formula is C23H25N4O5S+. The fourth-order valence-electron chi connectivity index (χ4n) is 4.05. The summed E-state index contributed by atoms with van der Waals surface area (Å²) in [6.45, 7) is 1.79. The number of anilines is 1. The number of benzene rings is 2. The molecule has 0 saturated heterocycles. The van der Waals surface area contributed by atoms with Crippen LogP contribution in [0.1, 0.15) is 25.1 Å². The summed E-state index contributed by atoms with van der Waals surface area (Å²) in [5, 5.41) is 5.12. The second-order valence-corrected chi connectivity index (χ2v) is 8.01. The standard InChI is InChI=1S/C23H24N4O5S/c1-6-18(28)26-15-10-8-7-9-14(15)20-21(29)24-23(33-5)25-27(20)22(26)19-16(31-3)11-13(30-2)12-17(19)32-4/h7-12,22H,6H2,1-5H3/p+1/t22-/m1/s1. The van der Waals surface area contributed by atoms with Crippen LogP contribution in [0.4, 0.5) is 5.69 Å². The van der Waals surface area contributed by atoms with Crippen molar-refractivity contribution in [1.29, 1.82) is 0 Å². The average Bonchev–Trinajstić information content (AvgIpc) is 2.86. The van der Waals surface area contributed by atoms with E-state index in [0.29, 0.717) is 44.9 Å². The summed E-state index contributed by atoms with van der Waals surface area (Å²) >= 11 is 1.30. The number of aromatic nitrogens is 3. The van der Waals surface area contributed by atoms with E-state index in [1.54, 1.807) is 35.7 Å². The number of nitrogens with one attached hydrogen (secondary N) is 1. The Labute approximate surface area is 195 Å². The number of fused-ring (bicyclic) bond motifs is 3. The van der Waals surface area contributed by atoms with E-state index in [1.807, 2.05) is 30.5 Å². The van der Waals surface area contributed by atoms with Gasteiger partial charge in [-0.1, -0.05) is 30.8 Å². The molecule has 0 aliphatic carbocycles. The average molecular weight is 470 g/mol. The zero-order valence-corrected chi connectivity index (χ0v) is 19.9. The SMILES string of the molecule is CCC(=O)N1c2ccccc2-c2c(=O)[nH]c(SC)n[n+]2[C@@H]1c1c(OC)cc(OC)cc1OC. The minimum absolute atomic E-state index is 0.140. The number of methoxy groups -OCH3 is 3. The number of thioether (sulfide) groups is 1. The van der Waals surface area contributed by atoms with Crippen LogP contribution in [0, 0.1) is 0 Å². The Morgan fingerprint density at radius 1 is 1.15 bits per heavy atom. The summed E-state index contributed by atoms with van der Waals surface area (Å²) in [5.74, 6) is 1.27. The highest BCUT2D eigenvalue weighted by Crippen LogP contribution is 2.44. The van der Waals surface area contributed by atoms with E-state index in [9.17, 15) is 9.59 Å². The molecule has 0 radical (unpaired) electrons. The molecule has 1 aliphatic rings. The number of hydrogen-bond acceptors (Lipinski definition) is 7. The van der Waals surface area contributed by atoms with Gasteiger partial charge in [0.05, 0.1) is 32.6 Å². The predicted molar refractivity (Wildman–Crippen MR) is 124 cm³/mol. The summed E-state index contributed by atoms with van der Waals surface area (Å²) in [5.41, 5.74) is 1.81. The van der Waals surface area contributed by atoms with E-state index >= 15 is 0 Å². The predicted octanol–water partition coefficient (Wildman–Crippen LogP) is 2.78. The molecule has 0 bridgehead atoms. The van der Waals surface area contributed by atoms with Gasteiger partial charge in [0.25, 0.3) is 0 Å². The Hall–Kier alpha value is -3.53. The first-order valence-corrected chi connectivity index (χ1v) is 11.5. The van der Waals surface area contributed by atoms with E-state index in [-0.39, 0.29) is 17.9 Å². The zero-order chi connectivity index (χ0) is 23.7. The Morgan fingerprint density at radius 2 is 1.82 bits per heavy atom. The molecule has 2 heterocycles. The van der Waals surface area contributed by atoms with Gasteiger partial charge in [-0.25, -0.2) is 4.90 Å². The molecule has 0 unspecified atom stereocenters. The quantitative estimate of drug-likeness (QED) is 0.438. The number of H-pyrrole nitrogens is 1. The van der Waals surface area contributed by atoms with Crippen molar-refractivity contribution in [3.63, 3.8) is 0 Å². The fraction of sp³-hybridized carbons (Fsp3) is 0.304. The van der Waals surface area contributed by atoms with Gasteiger partial charge in [0, 0.05) is 23.7 Å². The van der Waals surface area contributed by atoms with E-state index < -0.39 is 6.17 Å². The van der Waals surface area contributed by atoms with Crippen molar-refractivity contribution < 1.29 is 23.7 Å². The van der Waals surface area contributed by atoms with Crippen molar-refractivity contribution in [1.82, 2.24) is 10.1 Å². The third kappa shape index (κ3) is 3.70. The molecule has 1 aromatic heterocycles. The molecule has 10 heteroatoms. The first-order valence-electron chi connectivity index (χ1n) is 10.3. The van der Waals surface area contributed by atoms with Crippen molar-refractivity contribution in [2.45, 2.75) is 24.7 Å². The van der Waals surface area contributed by atoms with Crippen LogP contribution in [0.15, 0.2) is 46.3 Å². The monoisotopic (exact) mass is 469 g/mol. The molecule has 2 aromatic carbocycles. The molecule has 0 fully saturated rings. The van der Waals surface area contributed by atoms with E-state index in [4.69, 9.17) is 19.3 Å². The van der Waals surface area contributed by atoms with Crippen molar-refractivity contribution in [2.75, 3.05) is 32.5 Å². The van der Waals surface area contributed by atoms with Gasteiger partial charge in [-0.15, -0.1) is 0 Å². The number of nitrogens with zero attached hydrogens (tertiary/aromatic N) is 3. The minimum atomic E-state index is -0.827. The maximum absolute atomic E-state index is 13.4. The molecule has 4 rings (SSSR count). The lowest BCUT2D eigenvalue weighted by Crippen LogP contribution is -2.61. The Bertz CT molecular complexity index is 1250. The number of carbonyl (C=O) groups is 1. The van der Waals surface area contributed by atoms with Crippen LogP contribution < -0.4 is 29.4 Å². The summed E-state index contributed by atoms with van der Waals surface area (Å²) in [6, 6.07) is 10.7. The third-order valence-electron chi connectivity index (χ3n) is 5.53. The molecule has 3 aromatic rings. The number of aromatic amines is 1. The molecule has 172 valence electrons. The molecular weight excluding hydrogens is 444 g/mol. The van der Waals surface area contributed by atoms with Crippen LogP contribution >= 0.6 is 11.8 Å². The maximum atomic E-state index is 13.4. The lowest BCUT2D eigenvalue weighted by molar-refractivity contribution is -0.763. The molecule has 0 saturated carbocycles. The Kier molecular flexibility index (Phi) is 6.28. The van der Waals surface area contributed by atoms with Gasteiger partial charge in [-0.3, -0.25) is 14.6 Å². The van der Waals surface area contributed by atoms with Gasteiger partial charge in [0.2, 0.25) is 11.1 Å². The lowest BCUT2D eigenvalue weighted by atomic mass is 9.99. The van der Waals surface area contributed by atoms with Gasteiger partial charge in [0.1, 0.15) is 22.8 Å². The Balaban J connectivity index is 2.15. The summed E-state index contributed by atoms with van der Waals surface area (Å²) < 4.78 is 18.4. The molecule has 0 spiro atoms. The van der Waals surface area contributed by atoms with E-state index in [1.165, 1.54) is 26.0 Å². The maximum Gasteiger partial charge on any atom is 0.325 e. The first-order chi connectivity index (χ1) is 16.0. The van der Waals surface area contributed by atoms with Gasteiger partial charge in [0.15, 0.2) is 0 Å². The molecule has 1 amide bonds. The van der Waals surface area contributed by atoms with Crippen LogP contribution in [-0.4, -0.2) is 43.6 Å². The third-order valence-corrected chi connectivity index (χ3v) is 6.10. The largest absolute Gasteiger partial charge is 0.496 e. The van der Waals surface area contributed by atoms with E-state index in [2.05, 4.69) is 4.98 Å². The highest BCUT2D eigenvalue weighted by molar-refractivity contribution is 7.98. The van der Waals surface area contributed by atoms with Gasteiger partial charge < -0.3 is 14.2 Å². The number of rotatable bonds is 6. The molecule has 33 heavy (non-hydrogen) atoms. The fourth-order valence-corrected chi connectivity index (χ4v) is 4.42. The number of ether oxygens (including phenoxy) is 3. The van der Waals surface area contributed by atoms with Crippen LogP contribution in [-0.2, 0) is 4.79 Å². The first kappa shape index (κ1) is 22.7. The van der Waals surface area contributed by atoms with Gasteiger partial charge in [-0.05, 0) is 23.1 Å². The second kappa shape index (κ2) is 9.14. The molecule has 1 aliphatic heterocycles. The normalized spacial score (nSPS) is 14.3. The van der Waals surface area contributed by atoms with Crippen molar-refractivity contribution in [2.24, 2.45) is 0 Å². The van der Waals surface area contributed by atoms with Gasteiger partial charge >= 0.3 is 17.4 Å². The van der Waals surface area contributed by atoms with Crippen LogP contribution in [0.2, 0.25) is 0 Å². The number of amides is 1. The van der Waals surface area contributed by atoms with Crippen LogP contribution in [0.5, 0.6) is 17.2 Å². The number of para-hydroxylation sites is 1. The molecule has 1 atom stereocenters. The second-order valence-electron chi connectivity index (χ2n) is 7.21. The van der Waals surface area contributed by atoms with Gasteiger partial charge in [-0.2, -0.15) is 0 Å². The molecule has 9 nitrogen and oxygen atoms in total. The number of carbonyl (C=O) groups excluding carboxylic acids is 1. The van der Waals surface area contributed by atoms with E-state index in [0.717, 1.165) is 0 Å². The lowest BCUT2D eigenvalue weighted by Gasteiger charge is -2.33. The smallest absolute Gasteiger partial charge is 0.325 e. The molecule has 1 N–H and O–H groups in total. The summed E-state index contributed by atoms with van der Waals surface area (Å²) in [7, 11) is 4.61. The number of hydrogen-bond donors (Lipinski definition) is 1. The summed E-state index contributed by atoms with van der Waals surface area (Å²) in [6.07, 6.45) is 1.24. The van der Waals surface area contributed by atoms with Crippen LogP contribution in [0.25, 0.3) is 11.3 Å². The van der Waals surface area contributed by atoms with Crippen molar-refractivity contribution in [3.8, 4) is 28.5 Å². The van der Waals surface area contributed by atoms with Crippen molar-refractivity contribution >= 4 is 23.4 Å². The van der Waals surface area contributed by atoms with Crippen LogP contribution in [0.3, 0.4) is 0 Å².